The lowest BCUT2D eigenvalue weighted by molar-refractivity contribution is 0.181. The molecular formula is C9H11ClN2O. The summed E-state index contributed by atoms with van der Waals surface area (Å²) in [7, 11) is 0. The Morgan fingerprint density at radius 1 is 1.46 bits per heavy atom. The normalized spacial score (nSPS) is 18.3. The molecule has 0 spiro atoms. The lowest BCUT2D eigenvalue weighted by Crippen LogP contribution is -2.15. The summed E-state index contributed by atoms with van der Waals surface area (Å²) in [6.45, 7) is 2.05. The van der Waals surface area contributed by atoms with Crippen LogP contribution in [0.15, 0.2) is 12.4 Å². The van der Waals surface area contributed by atoms with Crippen LogP contribution >= 0.6 is 11.6 Å². The van der Waals surface area contributed by atoms with Gasteiger partial charge in [-0.1, -0.05) is 11.6 Å². The molecular weight excluding hydrogens is 188 g/mol. The standard InChI is InChI=1S/C9H11ClN2O/c1-6(7-2-3-7)13-9-11-4-8(10)5-12-9/h4-7H,2-3H2,1H3. The molecule has 0 saturated heterocycles. The summed E-state index contributed by atoms with van der Waals surface area (Å²) in [6, 6.07) is 0.420. The molecule has 1 aliphatic carbocycles. The van der Waals surface area contributed by atoms with Gasteiger partial charge in [-0.25, -0.2) is 9.97 Å². The summed E-state index contributed by atoms with van der Waals surface area (Å²) in [5.74, 6) is 0.694. The van der Waals surface area contributed by atoms with Crippen LogP contribution in [0, 0.1) is 5.92 Å². The molecule has 3 nitrogen and oxygen atoms in total. The van der Waals surface area contributed by atoms with Gasteiger partial charge in [0.25, 0.3) is 0 Å². The van der Waals surface area contributed by atoms with E-state index in [9.17, 15) is 0 Å². The van der Waals surface area contributed by atoms with Gasteiger partial charge >= 0.3 is 6.01 Å². The van der Waals surface area contributed by atoms with E-state index in [1.165, 1.54) is 12.8 Å². The van der Waals surface area contributed by atoms with E-state index in [1.807, 2.05) is 0 Å². The van der Waals surface area contributed by atoms with Gasteiger partial charge in [0.2, 0.25) is 0 Å². The van der Waals surface area contributed by atoms with E-state index in [2.05, 4.69) is 16.9 Å². The first-order chi connectivity index (χ1) is 6.25. The van der Waals surface area contributed by atoms with Crippen molar-refractivity contribution in [3.63, 3.8) is 0 Å². The van der Waals surface area contributed by atoms with E-state index in [4.69, 9.17) is 16.3 Å². The summed E-state index contributed by atoms with van der Waals surface area (Å²) in [5, 5.41) is 0.534. The third-order valence-electron chi connectivity index (χ3n) is 2.17. The fourth-order valence-corrected chi connectivity index (χ4v) is 1.29. The van der Waals surface area contributed by atoms with Crippen molar-refractivity contribution in [2.75, 3.05) is 0 Å². The third kappa shape index (κ3) is 2.31. The Labute approximate surface area is 82.1 Å². The molecule has 1 aliphatic rings. The molecule has 0 radical (unpaired) electrons. The molecule has 4 heteroatoms. The highest BCUT2D eigenvalue weighted by molar-refractivity contribution is 6.30. The molecule has 1 saturated carbocycles. The zero-order chi connectivity index (χ0) is 9.26. The lowest BCUT2D eigenvalue weighted by Gasteiger charge is -2.10. The zero-order valence-electron chi connectivity index (χ0n) is 7.40. The summed E-state index contributed by atoms with van der Waals surface area (Å²) in [4.78, 5) is 7.93. The van der Waals surface area contributed by atoms with E-state index in [0.29, 0.717) is 17.0 Å². The molecule has 1 heterocycles. The number of rotatable bonds is 3. The van der Waals surface area contributed by atoms with Crippen molar-refractivity contribution in [2.45, 2.75) is 25.9 Å². The maximum Gasteiger partial charge on any atom is 0.316 e. The van der Waals surface area contributed by atoms with Crippen molar-refractivity contribution in [2.24, 2.45) is 5.92 Å². The second kappa shape index (κ2) is 3.50. The number of aromatic nitrogens is 2. The molecule has 1 unspecified atom stereocenters. The van der Waals surface area contributed by atoms with Gasteiger partial charge in [-0.2, -0.15) is 0 Å². The first-order valence-corrected chi connectivity index (χ1v) is 4.77. The van der Waals surface area contributed by atoms with Gasteiger partial charge in [0.15, 0.2) is 0 Å². The van der Waals surface area contributed by atoms with Gasteiger partial charge in [-0.05, 0) is 25.7 Å². The summed E-state index contributed by atoms with van der Waals surface area (Å²) >= 11 is 5.64. The van der Waals surface area contributed by atoms with Crippen molar-refractivity contribution in [1.82, 2.24) is 9.97 Å². The number of ether oxygens (including phenoxy) is 1. The molecule has 70 valence electrons. The SMILES string of the molecule is CC(Oc1ncc(Cl)cn1)C1CC1. The number of hydrogen-bond acceptors (Lipinski definition) is 3. The van der Waals surface area contributed by atoms with Crippen molar-refractivity contribution in [3.05, 3.63) is 17.4 Å². The van der Waals surface area contributed by atoms with Crippen LogP contribution in [0.4, 0.5) is 0 Å². The van der Waals surface area contributed by atoms with Gasteiger partial charge in [0.05, 0.1) is 17.4 Å². The third-order valence-corrected chi connectivity index (χ3v) is 2.37. The van der Waals surface area contributed by atoms with Crippen LogP contribution in [-0.2, 0) is 0 Å². The van der Waals surface area contributed by atoms with Gasteiger partial charge in [0, 0.05) is 0 Å². The molecule has 0 amide bonds. The highest BCUT2D eigenvalue weighted by Gasteiger charge is 2.29. The predicted octanol–water partition coefficient (Wildman–Crippen LogP) is 2.31. The Balaban J connectivity index is 1.96. The van der Waals surface area contributed by atoms with Gasteiger partial charge in [-0.15, -0.1) is 0 Å². The minimum Gasteiger partial charge on any atom is -0.460 e. The molecule has 0 aromatic carbocycles. The Morgan fingerprint density at radius 3 is 2.62 bits per heavy atom. The van der Waals surface area contributed by atoms with Crippen LogP contribution in [0.3, 0.4) is 0 Å². The summed E-state index contributed by atoms with van der Waals surface area (Å²) in [5.41, 5.74) is 0. The van der Waals surface area contributed by atoms with E-state index in [0.717, 1.165) is 0 Å². The van der Waals surface area contributed by atoms with Gasteiger partial charge in [-0.3, -0.25) is 0 Å². The van der Waals surface area contributed by atoms with E-state index in [-0.39, 0.29) is 6.10 Å². The Morgan fingerprint density at radius 2 is 2.08 bits per heavy atom. The second-order valence-electron chi connectivity index (χ2n) is 3.34. The molecule has 0 N–H and O–H groups in total. The van der Waals surface area contributed by atoms with Crippen LogP contribution in [0.5, 0.6) is 6.01 Å². The highest BCUT2D eigenvalue weighted by atomic mass is 35.5. The van der Waals surface area contributed by atoms with E-state index < -0.39 is 0 Å². The molecule has 1 fully saturated rings. The topological polar surface area (TPSA) is 35.0 Å². The van der Waals surface area contributed by atoms with E-state index >= 15 is 0 Å². The Bertz CT molecular complexity index is 284. The fourth-order valence-electron chi connectivity index (χ4n) is 1.19. The maximum atomic E-state index is 5.64. The number of nitrogens with zero attached hydrogens (tertiary/aromatic N) is 2. The fraction of sp³-hybridized carbons (Fsp3) is 0.556. The zero-order valence-corrected chi connectivity index (χ0v) is 8.16. The minimum absolute atomic E-state index is 0.223. The average molecular weight is 199 g/mol. The van der Waals surface area contributed by atoms with E-state index in [1.54, 1.807) is 12.4 Å². The van der Waals surface area contributed by atoms with Gasteiger partial charge in [0.1, 0.15) is 6.10 Å². The van der Waals surface area contributed by atoms with Crippen LogP contribution < -0.4 is 4.74 Å². The van der Waals surface area contributed by atoms with Crippen LogP contribution in [0.1, 0.15) is 19.8 Å². The molecule has 1 aromatic rings. The van der Waals surface area contributed by atoms with Crippen LogP contribution in [0.25, 0.3) is 0 Å². The quantitative estimate of drug-likeness (QED) is 0.748. The molecule has 13 heavy (non-hydrogen) atoms. The van der Waals surface area contributed by atoms with Crippen molar-refractivity contribution < 1.29 is 4.74 Å². The lowest BCUT2D eigenvalue weighted by atomic mass is 10.3. The van der Waals surface area contributed by atoms with Crippen LogP contribution in [0.2, 0.25) is 5.02 Å². The summed E-state index contributed by atoms with van der Waals surface area (Å²) < 4.78 is 5.51. The number of hydrogen-bond donors (Lipinski definition) is 0. The minimum atomic E-state index is 0.223. The molecule has 2 rings (SSSR count). The molecule has 1 atom stereocenters. The first kappa shape index (κ1) is 8.75. The Hall–Kier alpha value is -0.830. The highest BCUT2D eigenvalue weighted by Crippen LogP contribution is 2.33. The maximum absolute atomic E-state index is 5.64. The molecule has 0 aliphatic heterocycles. The largest absolute Gasteiger partial charge is 0.460 e. The number of halogens is 1. The molecule has 1 aromatic heterocycles. The summed E-state index contributed by atoms with van der Waals surface area (Å²) in [6.07, 6.45) is 5.83. The second-order valence-corrected chi connectivity index (χ2v) is 3.78. The first-order valence-electron chi connectivity index (χ1n) is 4.40. The molecule has 0 bridgehead atoms. The smallest absolute Gasteiger partial charge is 0.316 e. The Kier molecular flexibility index (Phi) is 2.36. The van der Waals surface area contributed by atoms with Gasteiger partial charge < -0.3 is 4.74 Å². The van der Waals surface area contributed by atoms with Crippen molar-refractivity contribution >= 4 is 11.6 Å². The monoisotopic (exact) mass is 198 g/mol. The van der Waals surface area contributed by atoms with Crippen LogP contribution in [-0.4, -0.2) is 16.1 Å². The average Bonchev–Trinajstić information content (AvgIpc) is 2.91. The predicted molar refractivity (Wildman–Crippen MR) is 49.9 cm³/mol. The van der Waals surface area contributed by atoms with Crippen molar-refractivity contribution in [3.8, 4) is 6.01 Å². The van der Waals surface area contributed by atoms with Crippen molar-refractivity contribution in [1.29, 1.82) is 0 Å².